The monoisotopic (exact) mass is 526 g/mol. The molecule has 6 aromatic rings. The second kappa shape index (κ2) is 8.78. The summed E-state index contributed by atoms with van der Waals surface area (Å²) in [6.45, 7) is 0. The third kappa shape index (κ3) is 3.22. The minimum atomic E-state index is -0.450. The first-order chi connectivity index (χ1) is 20.2. The number of hydrogen-bond acceptors (Lipinski definition) is 2. The van der Waals surface area contributed by atoms with Gasteiger partial charge in [-0.25, -0.2) is 4.39 Å². The Morgan fingerprint density at radius 2 is 0.927 bits per heavy atom. The predicted molar refractivity (Wildman–Crippen MR) is 162 cm³/mol. The Hall–Kier alpha value is -5.46. The average Bonchev–Trinajstić information content (AvgIpc) is 3.50. The minimum absolute atomic E-state index is 0.281. The fourth-order valence-electron chi connectivity index (χ4n) is 6.94. The topological polar surface area (TPSA) is 27.0 Å². The summed E-state index contributed by atoms with van der Waals surface area (Å²) in [7, 11) is 0. The number of hydrogen-bond donors (Lipinski definition) is 0. The molecule has 0 N–H and O–H groups in total. The molecule has 41 heavy (non-hydrogen) atoms. The van der Waals surface area contributed by atoms with Gasteiger partial charge >= 0.3 is 0 Å². The summed E-state index contributed by atoms with van der Waals surface area (Å²) < 4.78 is 14.0. The van der Waals surface area contributed by atoms with E-state index in [0.29, 0.717) is 5.56 Å². The van der Waals surface area contributed by atoms with E-state index in [4.69, 9.17) is 0 Å². The van der Waals surface area contributed by atoms with Crippen LogP contribution in [0.4, 0.5) is 21.5 Å². The maximum atomic E-state index is 14.0. The van der Waals surface area contributed by atoms with E-state index in [0.717, 1.165) is 17.1 Å². The molecular weight excluding hydrogens is 503 g/mol. The van der Waals surface area contributed by atoms with Crippen LogP contribution < -0.4 is 4.90 Å². The second-order valence-corrected chi connectivity index (χ2v) is 10.6. The van der Waals surface area contributed by atoms with Crippen molar-refractivity contribution in [2.75, 3.05) is 4.90 Å². The molecule has 192 valence electrons. The molecular formula is C38H23FN2. The first-order valence-electron chi connectivity index (χ1n) is 13.7. The molecule has 0 heterocycles. The van der Waals surface area contributed by atoms with E-state index >= 15 is 0 Å². The van der Waals surface area contributed by atoms with E-state index in [-0.39, 0.29) is 5.82 Å². The minimum Gasteiger partial charge on any atom is -0.310 e. The summed E-state index contributed by atoms with van der Waals surface area (Å²) in [5.41, 5.74) is 12.9. The van der Waals surface area contributed by atoms with Crippen LogP contribution in [0.5, 0.6) is 0 Å². The van der Waals surface area contributed by atoms with Crippen molar-refractivity contribution in [2.45, 2.75) is 5.41 Å². The van der Waals surface area contributed by atoms with Crippen LogP contribution in [0.25, 0.3) is 22.3 Å². The highest BCUT2D eigenvalue weighted by atomic mass is 19.1. The van der Waals surface area contributed by atoms with Gasteiger partial charge in [-0.05, 0) is 105 Å². The molecule has 0 aliphatic heterocycles. The molecule has 1 spiro atoms. The number of fused-ring (bicyclic) bond motifs is 10. The zero-order chi connectivity index (χ0) is 27.6. The van der Waals surface area contributed by atoms with E-state index < -0.39 is 5.41 Å². The van der Waals surface area contributed by atoms with Gasteiger partial charge in [0.1, 0.15) is 5.82 Å². The maximum absolute atomic E-state index is 14.0. The van der Waals surface area contributed by atoms with E-state index in [1.807, 2.05) is 24.3 Å². The molecule has 0 fully saturated rings. The molecule has 0 atom stereocenters. The van der Waals surface area contributed by atoms with Gasteiger partial charge in [0.2, 0.25) is 0 Å². The lowest BCUT2D eigenvalue weighted by atomic mass is 9.70. The van der Waals surface area contributed by atoms with Crippen molar-refractivity contribution in [3.63, 3.8) is 0 Å². The summed E-state index contributed by atoms with van der Waals surface area (Å²) in [4.78, 5) is 2.13. The Morgan fingerprint density at radius 3 is 1.44 bits per heavy atom. The summed E-state index contributed by atoms with van der Waals surface area (Å²) in [5, 5.41) is 9.40. The van der Waals surface area contributed by atoms with Gasteiger partial charge in [0, 0.05) is 17.1 Å². The fourth-order valence-corrected chi connectivity index (χ4v) is 6.94. The summed E-state index contributed by atoms with van der Waals surface area (Å²) in [6, 6.07) is 49.2. The lowest BCUT2D eigenvalue weighted by molar-refractivity contribution is 0.628. The van der Waals surface area contributed by atoms with Crippen LogP contribution in [0.15, 0.2) is 140 Å². The van der Waals surface area contributed by atoms with Crippen molar-refractivity contribution in [1.29, 1.82) is 5.26 Å². The molecule has 0 saturated carbocycles. The third-order valence-electron chi connectivity index (χ3n) is 8.58. The van der Waals surface area contributed by atoms with Crippen LogP contribution in [0.3, 0.4) is 0 Å². The van der Waals surface area contributed by atoms with Crippen molar-refractivity contribution in [3.05, 3.63) is 173 Å². The SMILES string of the molecule is N#Cc1ccc(N(c2ccc(F)cc2)c2ccc3c(c2)C2(c4ccccc4-c4ccccc42)c2ccccc2-3)cc1. The number of rotatable bonds is 3. The fraction of sp³-hybridized carbons (Fsp3) is 0.0263. The van der Waals surface area contributed by atoms with Gasteiger partial charge in [-0.2, -0.15) is 5.26 Å². The molecule has 6 aromatic carbocycles. The van der Waals surface area contributed by atoms with Crippen molar-refractivity contribution in [1.82, 2.24) is 0 Å². The van der Waals surface area contributed by atoms with Gasteiger partial charge in [-0.15, -0.1) is 0 Å². The van der Waals surface area contributed by atoms with Gasteiger partial charge < -0.3 is 4.90 Å². The molecule has 0 aromatic heterocycles. The number of benzene rings is 6. The van der Waals surface area contributed by atoms with Crippen LogP contribution in [0.1, 0.15) is 27.8 Å². The normalized spacial score (nSPS) is 13.2. The van der Waals surface area contributed by atoms with Crippen LogP contribution >= 0.6 is 0 Å². The number of halogens is 1. The Balaban J connectivity index is 1.43. The summed E-state index contributed by atoms with van der Waals surface area (Å²) in [6.07, 6.45) is 0. The van der Waals surface area contributed by atoms with E-state index in [9.17, 15) is 9.65 Å². The number of nitriles is 1. The molecule has 2 nitrogen and oxygen atoms in total. The molecule has 0 amide bonds. The first-order valence-corrected chi connectivity index (χ1v) is 13.7. The molecule has 2 aliphatic carbocycles. The van der Waals surface area contributed by atoms with Crippen LogP contribution in [0, 0.1) is 17.1 Å². The molecule has 0 saturated heterocycles. The first kappa shape index (κ1) is 23.4. The quantitative estimate of drug-likeness (QED) is 0.229. The smallest absolute Gasteiger partial charge is 0.123 e. The molecule has 0 unspecified atom stereocenters. The predicted octanol–water partition coefficient (Wildman–Crippen LogP) is 9.51. The van der Waals surface area contributed by atoms with E-state index in [2.05, 4.69) is 102 Å². The standard InChI is InChI=1S/C38H23FN2/c39-26-15-19-28(20-16-26)41(27-17-13-25(24-40)14-18-27)29-21-22-33-32-9-3-6-12-36(32)38(37(33)23-29)34-10-4-1-7-30(34)31-8-2-5-11-35(31)38/h1-23H. The zero-order valence-electron chi connectivity index (χ0n) is 22.1. The van der Waals surface area contributed by atoms with Gasteiger partial charge in [0.15, 0.2) is 0 Å². The number of anilines is 3. The van der Waals surface area contributed by atoms with Crippen molar-refractivity contribution in [2.24, 2.45) is 0 Å². The van der Waals surface area contributed by atoms with Crippen molar-refractivity contribution in [3.8, 4) is 28.3 Å². The molecule has 2 aliphatic rings. The maximum Gasteiger partial charge on any atom is 0.123 e. The lowest BCUT2D eigenvalue weighted by Crippen LogP contribution is -2.26. The Morgan fingerprint density at radius 1 is 0.488 bits per heavy atom. The van der Waals surface area contributed by atoms with Gasteiger partial charge in [0.05, 0.1) is 17.0 Å². The molecule has 0 bridgehead atoms. The van der Waals surface area contributed by atoms with E-state index in [1.54, 1.807) is 12.1 Å². The van der Waals surface area contributed by atoms with Gasteiger partial charge in [-0.3, -0.25) is 0 Å². The second-order valence-electron chi connectivity index (χ2n) is 10.6. The Labute approximate surface area is 238 Å². The highest BCUT2D eigenvalue weighted by molar-refractivity contribution is 5.96. The third-order valence-corrected chi connectivity index (χ3v) is 8.58. The van der Waals surface area contributed by atoms with Gasteiger partial charge in [-0.1, -0.05) is 78.9 Å². The average molecular weight is 527 g/mol. The lowest BCUT2D eigenvalue weighted by Gasteiger charge is -2.32. The highest BCUT2D eigenvalue weighted by Crippen LogP contribution is 2.63. The molecule has 3 heteroatoms. The highest BCUT2D eigenvalue weighted by Gasteiger charge is 2.51. The zero-order valence-corrected chi connectivity index (χ0v) is 22.1. The van der Waals surface area contributed by atoms with E-state index in [1.165, 1.54) is 56.6 Å². The summed E-state index contributed by atoms with van der Waals surface area (Å²) >= 11 is 0. The van der Waals surface area contributed by atoms with Crippen LogP contribution in [-0.4, -0.2) is 0 Å². The van der Waals surface area contributed by atoms with Crippen LogP contribution in [0.2, 0.25) is 0 Å². The van der Waals surface area contributed by atoms with Crippen molar-refractivity contribution < 1.29 is 4.39 Å². The Kier molecular flexibility index (Phi) is 5.01. The summed E-state index contributed by atoms with van der Waals surface area (Å²) in [5.74, 6) is -0.281. The van der Waals surface area contributed by atoms with Gasteiger partial charge in [0.25, 0.3) is 0 Å². The van der Waals surface area contributed by atoms with Crippen LogP contribution in [-0.2, 0) is 5.41 Å². The Bertz CT molecular complexity index is 1950. The molecule has 0 radical (unpaired) electrons. The van der Waals surface area contributed by atoms with Crippen molar-refractivity contribution >= 4 is 17.1 Å². The number of nitrogens with zero attached hydrogens (tertiary/aromatic N) is 2. The largest absolute Gasteiger partial charge is 0.310 e. The molecule has 8 rings (SSSR count).